The van der Waals surface area contributed by atoms with Crippen LogP contribution in [-0.2, 0) is 4.74 Å². The largest absolute Gasteiger partial charge is 0.385 e. The molecular formula is C13H28N2O. The topological polar surface area (TPSA) is 24.5 Å². The van der Waals surface area contributed by atoms with Gasteiger partial charge in [-0.05, 0) is 51.7 Å². The van der Waals surface area contributed by atoms with Crippen LogP contribution < -0.4 is 5.32 Å². The summed E-state index contributed by atoms with van der Waals surface area (Å²) >= 11 is 0. The molecule has 0 aromatic carbocycles. The van der Waals surface area contributed by atoms with Crippen LogP contribution in [0.1, 0.15) is 33.1 Å². The summed E-state index contributed by atoms with van der Waals surface area (Å²) in [6.45, 7) is 10.2. The van der Waals surface area contributed by atoms with E-state index >= 15 is 0 Å². The molecule has 1 aliphatic rings. The van der Waals surface area contributed by atoms with Crippen LogP contribution in [0.15, 0.2) is 0 Å². The molecule has 0 spiro atoms. The lowest BCUT2D eigenvalue weighted by atomic mass is 9.90. The third-order valence-electron chi connectivity index (χ3n) is 3.69. The second-order valence-corrected chi connectivity index (χ2v) is 4.87. The van der Waals surface area contributed by atoms with Gasteiger partial charge < -0.3 is 15.0 Å². The summed E-state index contributed by atoms with van der Waals surface area (Å²) in [4.78, 5) is 2.58. The highest BCUT2D eigenvalue weighted by Gasteiger charge is 2.22. The average Bonchev–Trinajstić information content (AvgIpc) is 2.30. The van der Waals surface area contributed by atoms with E-state index in [0.29, 0.717) is 6.04 Å². The van der Waals surface area contributed by atoms with Gasteiger partial charge in [-0.15, -0.1) is 0 Å². The zero-order valence-corrected chi connectivity index (χ0v) is 11.2. The SMILES string of the molecule is CCNC(C)C1CCN(CCCOC)CC1. The third kappa shape index (κ3) is 4.81. The maximum absolute atomic E-state index is 5.09. The average molecular weight is 228 g/mol. The smallest absolute Gasteiger partial charge is 0.0474 e. The van der Waals surface area contributed by atoms with Crippen molar-refractivity contribution < 1.29 is 4.74 Å². The first-order valence-electron chi connectivity index (χ1n) is 6.72. The predicted octanol–water partition coefficient (Wildman–Crippen LogP) is 1.73. The molecule has 1 fully saturated rings. The van der Waals surface area contributed by atoms with Gasteiger partial charge in [-0.25, -0.2) is 0 Å². The molecule has 96 valence electrons. The molecule has 0 radical (unpaired) electrons. The molecule has 3 nitrogen and oxygen atoms in total. The van der Waals surface area contributed by atoms with Crippen molar-refractivity contribution >= 4 is 0 Å². The molecule has 1 atom stereocenters. The van der Waals surface area contributed by atoms with Crippen molar-refractivity contribution in [1.29, 1.82) is 0 Å². The van der Waals surface area contributed by atoms with Crippen molar-refractivity contribution in [2.45, 2.75) is 39.2 Å². The van der Waals surface area contributed by atoms with Gasteiger partial charge in [-0.2, -0.15) is 0 Å². The summed E-state index contributed by atoms with van der Waals surface area (Å²) in [5.74, 6) is 0.874. The Morgan fingerprint density at radius 2 is 2.06 bits per heavy atom. The minimum Gasteiger partial charge on any atom is -0.385 e. The number of piperidine rings is 1. The second-order valence-electron chi connectivity index (χ2n) is 4.87. The maximum atomic E-state index is 5.09. The van der Waals surface area contributed by atoms with E-state index in [4.69, 9.17) is 4.74 Å². The molecule has 0 bridgehead atoms. The molecular weight excluding hydrogens is 200 g/mol. The summed E-state index contributed by atoms with van der Waals surface area (Å²) < 4.78 is 5.09. The molecule has 0 saturated carbocycles. The van der Waals surface area contributed by atoms with Crippen LogP contribution >= 0.6 is 0 Å². The number of nitrogens with one attached hydrogen (secondary N) is 1. The molecule has 0 aromatic heterocycles. The standard InChI is InChI=1S/C13H28N2O/c1-4-14-12(2)13-6-9-15(10-7-13)8-5-11-16-3/h12-14H,4-11H2,1-3H3. The molecule has 0 aromatic rings. The monoisotopic (exact) mass is 228 g/mol. The van der Waals surface area contributed by atoms with Crippen LogP contribution in [-0.4, -0.2) is 50.8 Å². The number of ether oxygens (including phenoxy) is 1. The number of hydrogen-bond acceptors (Lipinski definition) is 3. The lowest BCUT2D eigenvalue weighted by Gasteiger charge is -2.35. The first-order chi connectivity index (χ1) is 7.77. The van der Waals surface area contributed by atoms with E-state index < -0.39 is 0 Å². The van der Waals surface area contributed by atoms with Gasteiger partial charge in [-0.3, -0.25) is 0 Å². The van der Waals surface area contributed by atoms with Crippen LogP contribution in [0.5, 0.6) is 0 Å². The molecule has 1 saturated heterocycles. The van der Waals surface area contributed by atoms with E-state index in [1.54, 1.807) is 7.11 Å². The van der Waals surface area contributed by atoms with E-state index in [1.807, 2.05) is 0 Å². The minimum absolute atomic E-state index is 0.686. The number of nitrogens with zero attached hydrogens (tertiary/aromatic N) is 1. The Labute approximate surface area is 101 Å². The quantitative estimate of drug-likeness (QED) is 0.672. The Kier molecular flexibility index (Phi) is 7.01. The van der Waals surface area contributed by atoms with Gasteiger partial charge in [0, 0.05) is 26.3 Å². The van der Waals surface area contributed by atoms with Crippen molar-refractivity contribution in [2.75, 3.05) is 39.9 Å². The molecule has 0 amide bonds. The first kappa shape index (κ1) is 13.9. The van der Waals surface area contributed by atoms with Crippen LogP contribution in [0.3, 0.4) is 0 Å². The number of methoxy groups -OCH3 is 1. The lowest BCUT2D eigenvalue weighted by molar-refractivity contribution is 0.137. The molecule has 16 heavy (non-hydrogen) atoms. The van der Waals surface area contributed by atoms with E-state index in [0.717, 1.165) is 19.1 Å². The number of hydrogen-bond donors (Lipinski definition) is 1. The van der Waals surface area contributed by atoms with Gasteiger partial charge in [0.25, 0.3) is 0 Å². The van der Waals surface area contributed by atoms with E-state index in [1.165, 1.54) is 38.9 Å². The highest BCUT2D eigenvalue weighted by atomic mass is 16.5. The van der Waals surface area contributed by atoms with Crippen molar-refractivity contribution in [2.24, 2.45) is 5.92 Å². The summed E-state index contributed by atoms with van der Waals surface area (Å²) in [6, 6.07) is 0.686. The molecule has 1 N–H and O–H groups in total. The Morgan fingerprint density at radius 1 is 1.38 bits per heavy atom. The summed E-state index contributed by atoms with van der Waals surface area (Å²) in [6.07, 6.45) is 3.87. The third-order valence-corrected chi connectivity index (χ3v) is 3.69. The first-order valence-corrected chi connectivity index (χ1v) is 6.72. The Balaban J connectivity index is 2.13. The van der Waals surface area contributed by atoms with Crippen LogP contribution in [0.4, 0.5) is 0 Å². The van der Waals surface area contributed by atoms with Crippen LogP contribution in [0, 0.1) is 5.92 Å². The van der Waals surface area contributed by atoms with Crippen molar-refractivity contribution in [3.05, 3.63) is 0 Å². The van der Waals surface area contributed by atoms with Crippen molar-refractivity contribution in [3.63, 3.8) is 0 Å². The van der Waals surface area contributed by atoms with Crippen molar-refractivity contribution in [1.82, 2.24) is 10.2 Å². The molecule has 1 heterocycles. The Hall–Kier alpha value is -0.120. The van der Waals surface area contributed by atoms with Gasteiger partial charge in [0.05, 0.1) is 0 Å². The lowest BCUT2D eigenvalue weighted by Crippen LogP contribution is -2.42. The van der Waals surface area contributed by atoms with E-state index in [9.17, 15) is 0 Å². The summed E-state index contributed by atoms with van der Waals surface area (Å²) in [7, 11) is 1.78. The van der Waals surface area contributed by atoms with Gasteiger partial charge in [0.15, 0.2) is 0 Å². The summed E-state index contributed by atoms with van der Waals surface area (Å²) in [5, 5.41) is 3.54. The zero-order chi connectivity index (χ0) is 11.8. The summed E-state index contributed by atoms with van der Waals surface area (Å²) in [5.41, 5.74) is 0. The van der Waals surface area contributed by atoms with Crippen LogP contribution in [0.25, 0.3) is 0 Å². The fraction of sp³-hybridized carbons (Fsp3) is 1.00. The van der Waals surface area contributed by atoms with Crippen molar-refractivity contribution in [3.8, 4) is 0 Å². The molecule has 1 unspecified atom stereocenters. The van der Waals surface area contributed by atoms with Gasteiger partial charge in [-0.1, -0.05) is 6.92 Å². The number of likely N-dealkylation sites (tertiary alicyclic amines) is 1. The normalized spacial score (nSPS) is 21.2. The number of rotatable bonds is 7. The van der Waals surface area contributed by atoms with Gasteiger partial charge in [0.2, 0.25) is 0 Å². The molecule has 3 heteroatoms. The minimum atomic E-state index is 0.686. The zero-order valence-electron chi connectivity index (χ0n) is 11.2. The Bertz CT molecular complexity index is 167. The van der Waals surface area contributed by atoms with E-state index in [-0.39, 0.29) is 0 Å². The van der Waals surface area contributed by atoms with E-state index in [2.05, 4.69) is 24.1 Å². The highest BCUT2D eigenvalue weighted by molar-refractivity contribution is 4.79. The molecule has 1 aliphatic heterocycles. The maximum Gasteiger partial charge on any atom is 0.0474 e. The highest BCUT2D eigenvalue weighted by Crippen LogP contribution is 2.20. The molecule has 1 rings (SSSR count). The van der Waals surface area contributed by atoms with Gasteiger partial charge in [0.1, 0.15) is 0 Å². The fourth-order valence-electron chi connectivity index (χ4n) is 2.60. The predicted molar refractivity (Wildman–Crippen MR) is 68.8 cm³/mol. The van der Waals surface area contributed by atoms with Gasteiger partial charge >= 0.3 is 0 Å². The second kappa shape index (κ2) is 8.04. The fourth-order valence-corrected chi connectivity index (χ4v) is 2.60. The Morgan fingerprint density at radius 3 is 2.62 bits per heavy atom. The van der Waals surface area contributed by atoms with Crippen LogP contribution in [0.2, 0.25) is 0 Å². The molecule has 0 aliphatic carbocycles.